The number of aliphatic hydroxyl groups is 1. The summed E-state index contributed by atoms with van der Waals surface area (Å²) in [5.74, 6) is 0. The second kappa shape index (κ2) is 7.34. The van der Waals surface area contributed by atoms with Crippen molar-refractivity contribution in [3.05, 3.63) is 0 Å². The van der Waals surface area contributed by atoms with E-state index in [0.29, 0.717) is 12.2 Å². The predicted molar refractivity (Wildman–Crippen MR) is 55.8 cm³/mol. The third kappa shape index (κ3) is 7.03. The molecule has 80 valence electrons. The van der Waals surface area contributed by atoms with E-state index in [2.05, 4.69) is 0 Å². The molecule has 2 fully saturated rings. The summed E-state index contributed by atoms with van der Waals surface area (Å²) in [6, 6.07) is 0. The Bertz CT molecular complexity index is 99.9. The summed E-state index contributed by atoms with van der Waals surface area (Å²) in [7, 11) is 0. The van der Waals surface area contributed by atoms with Crippen LogP contribution in [-0.2, 0) is 4.74 Å². The first-order valence-corrected chi connectivity index (χ1v) is 5.53. The normalized spacial score (nSPS) is 29.1. The number of hydrogen-bond acceptors (Lipinski definition) is 2. The molecule has 2 atom stereocenters. The van der Waals surface area contributed by atoms with Crippen molar-refractivity contribution >= 4 is 0 Å². The topological polar surface area (TPSA) is 32.8 Å². The zero-order valence-electron chi connectivity index (χ0n) is 9.42. The minimum absolute atomic E-state index is 0.167. The molecule has 0 aromatic heterocycles. The molecule has 2 aliphatic rings. The molecule has 13 heavy (non-hydrogen) atoms. The molecule has 2 nitrogen and oxygen atoms in total. The number of aliphatic hydroxyl groups excluding tert-OH is 1. The minimum atomic E-state index is -0.167. The van der Waals surface area contributed by atoms with Gasteiger partial charge in [0.1, 0.15) is 0 Å². The first-order valence-electron chi connectivity index (χ1n) is 5.53. The van der Waals surface area contributed by atoms with Crippen LogP contribution in [0.1, 0.15) is 53.4 Å². The molecular weight excluding hydrogens is 164 g/mol. The molecule has 1 N–H and O–H groups in total. The fourth-order valence-electron chi connectivity index (χ4n) is 1.38. The largest absolute Gasteiger partial charge is 0.394 e. The zero-order valence-corrected chi connectivity index (χ0v) is 9.42. The van der Waals surface area contributed by atoms with E-state index in [-0.39, 0.29) is 6.10 Å². The van der Waals surface area contributed by atoms with Gasteiger partial charge in [0.15, 0.2) is 0 Å². The molecule has 2 heteroatoms. The van der Waals surface area contributed by atoms with Crippen LogP contribution in [0.25, 0.3) is 0 Å². The molecule has 1 aliphatic carbocycles. The maximum atomic E-state index is 8.06. The Morgan fingerprint density at radius 2 is 1.38 bits per heavy atom. The first-order chi connectivity index (χ1) is 6.20. The van der Waals surface area contributed by atoms with Crippen molar-refractivity contribution in [3.8, 4) is 0 Å². The van der Waals surface area contributed by atoms with Crippen molar-refractivity contribution in [3.63, 3.8) is 0 Å². The van der Waals surface area contributed by atoms with Crippen molar-refractivity contribution in [2.24, 2.45) is 0 Å². The van der Waals surface area contributed by atoms with Crippen LogP contribution < -0.4 is 0 Å². The third-order valence-electron chi connectivity index (χ3n) is 1.91. The van der Waals surface area contributed by atoms with Crippen molar-refractivity contribution in [1.29, 1.82) is 0 Å². The van der Waals surface area contributed by atoms with Gasteiger partial charge >= 0.3 is 0 Å². The standard InChI is InChI=1S/C6H10O.C3H8O.C2H6/c1-2-4-6-5(3-1)7-6;1-3(2)4;1-2/h5-6H,1-4H2;3-4H,1-2H3;1-2H3. The maximum Gasteiger partial charge on any atom is 0.0841 e. The van der Waals surface area contributed by atoms with Gasteiger partial charge in [-0.1, -0.05) is 26.7 Å². The van der Waals surface area contributed by atoms with Gasteiger partial charge in [0.05, 0.1) is 12.2 Å². The summed E-state index contributed by atoms with van der Waals surface area (Å²) in [5, 5.41) is 8.06. The third-order valence-corrected chi connectivity index (χ3v) is 1.91. The van der Waals surface area contributed by atoms with Crippen LogP contribution in [0.4, 0.5) is 0 Å². The molecule has 2 rings (SSSR count). The molecule has 1 aliphatic heterocycles. The van der Waals surface area contributed by atoms with Gasteiger partial charge < -0.3 is 9.84 Å². The molecule has 0 spiro atoms. The molecule has 0 radical (unpaired) electrons. The van der Waals surface area contributed by atoms with Crippen LogP contribution in [0.2, 0.25) is 0 Å². The van der Waals surface area contributed by atoms with Gasteiger partial charge in [-0.05, 0) is 26.7 Å². The summed E-state index contributed by atoms with van der Waals surface area (Å²) in [4.78, 5) is 0. The SMILES string of the molecule is C1CCC2OC2C1.CC.CC(C)O. The summed E-state index contributed by atoms with van der Waals surface area (Å²) in [6.07, 6.45) is 6.72. The van der Waals surface area contributed by atoms with E-state index in [4.69, 9.17) is 9.84 Å². The lowest BCUT2D eigenvalue weighted by atomic mass is 10.0. The van der Waals surface area contributed by atoms with E-state index in [9.17, 15) is 0 Å². The Morgan fingerprint density at radius 3 is 1.62 bits per heavy atom. The Kier molecular flexibility index (Phi) is 7.29. The van der Waals surface area contributed by atoms with Crippen LogP contribution in [0.15, 0.2) is 0 Å². The number of rotatable bonds is 0. The first kappa shape index (κ1) is 12.9. The predicted octanol–water partition coefficient (Wildman–Crippen LogP) is 2.74. The maximum absolute atomic E-state index is 8.06. The van der Waals surface area contributed by atoms with E-state index >= 15 is 0 Å². The van der Waals surface area contributed by atoms with Gasteiger partial charge in [-0.3, -0.25) is 0 Å². The lowest BCUT2D eigenvalue weighted by Gasteiger charge is -2.00. The monoisotopic (exact) mass is 188 g/mol. The van der Waals surface area contributed by atoms with Crippen LogP contribution in [0, 0.1) is 0 Å². The fourth-order valence-corrected chi connectivity index (χ4v) is 1.38. The zero-order chi connectivity index (χ0) is 10.3. The van der Waals surface area contributed by atoms with E-state index in [1.54, 1.807) is 13.8 Å². The van der Waals surface area contributed by atoms with Crippen LogP contribution in [-0.4, -0.2) is 23.4 Å². The van der Waals surface area contributed by atoms with E-state index in [0.717, 1.165) is 0 Å². The van der Waals surface area contributed by atoms with Gasteiger partial charge in [-0.2, -0.15) is 0 Å². The quantitative estimate of drug-likeness (QED) is 0.593. The van der Waals surface area contributed by atoms with Gasteiger partial charge in [0.25, 0.3) is 0 Å². The van der Waals surface area contributed by atoms with Crippen LogP contribution in [0.3, 0.4) is 0 Å². The smallest absolute Gasteiger partial charge is 0.0841 e. The number of hydrogen-bond donors (Lipinski definition) is 1. The molecule has 0 aromatic carbocycles. The highest BCUT2D eigenvalue weighted by Gasteiger charge is 2.39. The van der Waals surface area contributed by atoms with Gasteiger partial charge in [0, 0.05) is 6.10 Å². The Morgan fingerprint density at radius 1 is 1.08 bits per heavy atom. The Balaban J connectivity index is 0.000000211. The average Bonchev–Trinajstić information content (AvgIpc) is 2.85. The van der Waals surface area contributed by atoms with Crippen molar-refractivity contribution in [2.75, 3.05) is 0 Å². The van der Waals surface area contributed by atoms with Gasteiger partial charge in [-0.25, -0.2) is 0 Å². The molecule has 1 saturated carbocycles. The molecule has 1 heterocycles. The highest BCUT2D eigenvalue weighted by Crippen LogP contribution is 2.35. The fraction of sp³-hybridized carbons (Fsp3) is 1.00. The summed E-state index contributed by atoms with van der Waals surface area (Å²) in [6.45, 7) is 7.44. The van der Waals surface area contributed by atoms with Gasteiger partial charge in [0.2, 0.25) is 0 Å². The lowest BCUT2D eigenvalue weighted by Crippen LogP contribution is -2.00. The minimum Gasteiger partial charge on any atom is -0.394 e. The highest BCUT2D eigenvalue weighted by molar-refractivity contribution is 4.87. The summed E-state index contributed by atoms with van der Waals surface area (Å²) < 4.78 is 5.28. The van der Waals surface area contributed by atoms with Crippen molar-refractivity contribution < 1.29 is 9.84 Å². The van der Waals surface area contributed by atoms with E-state index < -0.39 is 0 Å². The average molecular weight is 188 g/mol. The molecular formula is C11H24O2. The van der Waals surface area contributed by atoms with E-state index in [1.165, 1.54) is 25.7 Å². The Labute approximate surface area is 82.3 Å². The number of epoxide rings is 1. The van der Waals surface area contributed by atoms with Crippen LogP contribution in [0.5, 0.6) is 0 Å². The molecule has 1 saturated heterocycles. The van der Waals surface area contributed by atoms with E-state index in [1.807, 2.05) is 13.8 Å². The van der Waals surface area contributed by atoms with Crippen LogP contribution >= 0.6 is 0 Å². The second-order valence-electron chi connectivity index (χ2n) is 3.59. The molecule has 0 amide bonds. The summed E-state index contributed by atoms with van der Waals surface area (Å²) >= 11 is 0. The number of fused-ring (bicyclic) bond motifs is 1. The second-order valence-corrected chi connectivity index (χ2v) is 3.59. The van der Waals surface area contributed by atoms with Crippen molar-refractivity contribution in [1.82, 2.24) is 0 Å². The lowest BCUT2D eigenvalue weighted by molar-refractivity contribution is 0.216. The molecule has 0 bridgehead atoms. The molecule has 2 unspecified atom stereocenters. The highest BCUT2D eigenvalue weighted by atomic mass is 16.6. The molecule has 0 aromatic rings. The Hall–Kier alpha value is -0.0800. The number of ether oxygens (including phenoxy) is 1. The summed E-state index contributed by atoms with van der Waals surface area (Å²) in [5.41, 5.74) is 0. The van der Waals surface area contributed by atoms with Crippen molar-refractivity contribution in [2.45, 2.75) is 71.7 Å². The van der Waals surface area contributed by atoms with Gasteiger partial charge in [-0.15, -0.1) is 0 Å².